The highest BCUT2D eigenvalue weighted by Crippen LogP contribution is 2.19. The van der Waals surface area contributed by atoms with Crippen LogP contribution in [0.25, 0.3) is 0 Å². The first-order chi connectivity index (χ1) is 13.0. The van der Waals surface area contributed by atoms with Crippen LogP contribution in [0.1, 0.15) is 27.4 Å². The normalized spacial score (nSPS) is 11.9. The van der Waals surface area contributed by atoms with Crippen molar-refractivity contribution in [3.05, 3.63) is 94.2 Å². The molecule has 4 nitrogen and oxygen atoms in total. The SMILES string of the molecule is O=C(NCc1ccccc1F)c1ccc(CS(=O)Cc2ccccc2Cl)o1. The van der Waals surface area contributed by atoms with Gasteiger partial charge in [0.25, 0.3) is 5.91 Å². The molecule has 1 N–H and O–H groups in total. The molecule has 0 saturated heterocycles. The van der Waals surface area contributed by atoms with Crippen molar-refractivity contribution in [2.24, 2.45) is 0 Å². The number of carbonyl (C=O) groups excluding carboxylic acids is 1. The highest BCUT2D eigenvalue weighted by molar-refractivity contribution is 7.83. The molecule has 1 heterocycles. The molecule has 0 saturated carbocycles. The summed E-state index contributed by atoms with van der Waals surface area (Å²) in [5, 5.41) is 3.17. The molecule has 3 rings (SSSR count). The van der Waals surface area contributed by atoms with Gasteiger partial charge < -0.3 is 9.73 Å². The summed E-state index contributed by atoms with van der Waals surface area (Å²) in [6.07, 6.45) is 0. The van der Waals surface area contributed by atoms with Crippen LogP contribution in [0.2, 0.25) is 5.02 Å². The van der Waals surface area contributed by atoms with Crippen LogP contribution >= 0.6 is 11.6 Å². The molecule has 0 aliphatic carbocycles. The highest BCUT2D eigenvalue weighted by atomic mass is 35.5. The zero-order valence-corrected chi connectivity index (χ0v) is 15.9. The van der Waals surface area contributed by atoms with Gasteiger partial charge in [-0.15, -0.1) is 0 Å². The third kappa shape index (κ3) is 5.28. The summed E-state index contributed by atoms with van der Waals surface area (Å²) in [6.45, 7) is 0.0555. The van der Waals surface area contributed by atoms with Crippen LogP contribution < -0.4 is 5.32 Å². The average molecular weight is 406 g/mol. The van der Waals surface area contributed by atoms with E-state index in [1.165, 1.54) is 12.1 Å². The second-order valence-corrected chi connectivity index (χ2v) is 7.72. The molecule has 0 radical (unpaired) electrons. The van der Waals surface area contributed by atoms with E-state index in [9.17, 15) is 13.4 Å². The Balaban J connectivity index is 1.56. The molecule has 1 unspecified atom stereocenters. The molecule has 1 aromatic heterocycles. The number of amides is 1. The fourth-order valence-corrected chi connectivity index (χ4v) is 3.94. The minimum absolute atomic E-state index is 0.0555. The fraction of sp³-hybridized carbons (Fsp3) is 0.150. The van der Waals surface area contributed by atoms with Crippen molar-refractivity contribution in [3.63, 3.8) is 0 Å². The molecule has 0 aliphatic heterocycles. The van der Waals surface area contributed by atoms with Crippen LogP contribution in [0.15, 0.2) is 65.1 Å². The van der Waals surface area contributed by atoms with Crippen molar-refractivity contribution in [1.82, 2.24) is 5.32 Å². The van der Waals surface area contributed by atoms with E-state index >= 15 is 0 Å². The van der Waals surface area contributed by atoms with Crippen molar-refractivity contribution in [3.8, 4) is 0 Å². The average Bonchev–Trinajstić information content (AvgIpc) is 3.11. The Bertz CT molecular complexity index is 973. The van der Waals surface area contributed by atoms with Crippen molar-refractivity contribution >= 4 is 28.3 Å². The molecule has 0 bridgehead atoms. The number of hydrogen-bond acceptors (Lipinski definition) is 3. The molecule has 2 aromatic carbocycles. The first-order valence-electron chi connectivity index (χ1n) is 8.21. The maximum absolute atomic E-state index is 13.6. The second kappa shape index (κ2) is 8.97. The van der Waals surface area contributed by atoms with Crippen LogP contribution in [-0.2, 0) is 28.9 Å². The topological polar surface area (TPSA) is 59.3 Å². The lowest BCUT2D eigenvalue weighted by Crippen LogP contribution is -2.22. The molecule has 0 aliphatic rings. The minimum atomic E-state index is -1.23. The van der Waals surface area contributed by atoms with E-state index < -0.39 is 16.7 Å². The summed E-state index contributed by atoms with van der Waals surface area (Å²) >= 11 is 6.08. The summed E-state index contributed by atoms with van der Waals surface area (Å²) in [5.41, 5.74) is 1.19. The smallest absolute Gasteiger partial charge is 0.287 e. The first kappa shape index (κ1) is 19.3. The standard InChI is InChI=1S/C20H17ClFNO3S/c21-17-7-3-1-6-15(17)12-27(25)13-16-9-10-19(26-16)20(24)23-11-14-5-2-4-8-18(14)22/h1-10H,11-13H2,(H,23,24). The van der Waals surface area contributed by atoms with Crippen molar-refractivity contribution < 1.29 is 17.8 Å². The van der Waals surface area contributed by atoms with E-state index in [4.69, 9.17) is 16.0 Å². The number of rotatable bonds is 7. The lowest BCUT2D eigenvalue weighted by Gasteiger charge is -2.05. The Morgan fingerprint density at radius 2 is 1.70 bits per heavy atom. The maximum Gasteiger partial charge on any atom is 0.287 e. The number of hydrogen-bond donors (Lipinski definition) is 1. The van der Waals surface area contributed by atoms with Gasteiger partial charge in [0.05, 0.1) is 11.5 Å². The molecule has 1 amide bonds. The number of nitrogens with one attached hydrogen (secondary N) is 1. The highest BCUT2D eigenvalue weighted by Gasteiger charge is 2.14. The van der Waals surface area contributed by atoms with E-state index in [1.54, 1.807) is 30.3 Å². The summed E-state index contributed by atoms with van der Waals surface area (Å²) in [5.74, 6) is 0.169. The fourth-order valence-electron chi connectivity index (χ4n) is 2.48. The molecule has 7 heteroatoms. The van der Waals surface area contributed by atoms with Crippen LogP contribution in [0, 0.1) is 5.82 Å². The van der Waals surface area contributed by atoms with E-state index in [2.05, 4.69) is 5.32 Å². The van der Waals surface area contributed by atoms with Gasteiger partial charge in [0.1, 0.15) is 11.6 Å². The minimum Gasteiger partial charge on any atom is -0.455 e. The Morgan fingerprint density at radius 1 is 1.00 bits per heavy atom. The van der Waals surface area contributed by atoms with Gasteiger partial charge in [0.15, 0.2) is 5.76 Å². The number of carbonyl (C=O) groups is 1. The monoisotopic (exact) mass is 405 g/mol. The van der Waals surface area contributed by atoms with Crippen LogP contribution in [-0.4, -0.2) is 10.1 Å². The third-order valence-electron chi connectivity index (χ3n) is 3.86. The first-order valence-corrected chi connectivity index (χ1v) is 10.1. The second-order valence-electron chi connectivity index (χ2n) is 5.86. The zero-order chi connectivity index (χ0) is 19.2. The largest absolute Gasteiger partial charge is 0.455 e. The van der Waals surface area contributed by atoms with Gasteiger partial charge in [-0.3, -0.25) is 9.00 Å². The lowest BCUT2D eigenvalue weighted by molar-refractivity contribution is 0.0921. The van der Waals surface area contributed by atoms with Crippen LogP contribution in [0.5, 0.6) is 0 Å². The molecule has 1 atom stereocenters. The number of furan rings is 1. The van der Waals surface area contributed by atoms with E-state index in [0.29, 0.717) is 22.1 Å². The lowest BCUT2D eigenvalue weighted by atomic mass is 10.2. The predicted octanol–water partition coefficient (Wildman–Crippen LogP) is 4.45. The van der Waals surface area contributed by atoms with E-state index in [0.717, 1.165) is 5.56 Å². The molecule has 3 aromatic rings. The maximum atomic E-state index is 13.6. The van der Waals surface area contributed by atoms with Gasteiger partial charge in [0.2, 0.25) is 0 Å². The van der Waals surface area contributed by atoms with Gasteiger partial charge in [0, 0.05) is 27.9 Å². The van der Waals surface area contributed by atoms with Crippen molar-refractivity contribution in [2.45, 2.75) is 18.1 Å². The summed E-state index contributed by atoms with van der Waals surface area (Å²) < 4.78 is 31.4. The van der Waals surface area contributed by atoms with Gasteiger partial charge in [-0.2, -0.15) is 0 Å². The Morgan fingerprint density at radius 3 is 2.44 bits per heavy atom. The predicted molar refractivity (Wildman–Crippen MR) is 103 cm³/mol. The summed E-state index contributed by atoms with van der Waals surface area (Å²) in [4.78, 5) is 12.1. The number of benzene rings is 2. The third-order valence-corrected chi connectivity index (χ3v) is 5.47. The Labute approximate surface area is 163 Å². The Kier molecular flexibility index (Phi) is 6.42. The molecule has 27 heavy (non-hydrogen) atoms. The van der Waals surface area contributed by atoms with Crippen LogP contribution in [0.4, 0.5) is 4.39 Å². The summed E-state index contributed by atoms with van der Waals surface area (Å²) in [7, 11) is -1.23. The molecule has 0 fully saturated rings. The van der Waals surface area contributed by atoms with Gasteiger partial charge >= 0.3 is 0 Å². The van der Waals surface area contributed by atoms with Crippen molar-refractivity contribution in [1.29, 1.82) is 0 Å². The van der Waals surface area contributed by atoms with E-state index in [-0.39, 0.29) is 23.9 Å². The summed E-state index contributed by atoms with van der Waals surface area (Å²) in [6, 6.07) is 16.6. The zero-order valence-electron chi connectivity index (χ0n) is 14.3. The van der Waals surface area contributed by atoms with Gasteiger partial charge in [-0.05, 0) is 29.8 Å². The number of halogens is 2. The van der Waals surface area contributed by atoms with Crippen LogP contribution in [0.3, 0.4) is 0 Å². The van der Waals surface area contributed by atoms with Gasteiger partial charge in [-0.1, -0.05) is 48.0 Å². The Hall–Kier alpha value is -2.44. The molecular weight excluding hydrogens is 389 g/mol. The van der Waals surface area contributed by atoms with E-state index in [1.807, 2.05) is 18.2 Å². The van der Waals surface area contributed by atoms with Crippen molar-refractivity contribution in [2.75, 3.05) is 0 Å². The molecule has 0 spiro atoms. The van der Waals surface area contributed by atoms with Gasteiger partial charge in [-0.25, -0.2) is 4.39 Å². The molecule has 140 valence electrons. The quantitative estimate of drug-likeness (QED) is 0.631. The molecular formula is C20H17ClFNO3S.